The van der Waals surface area contributed by atoms with Crippen molar-refractivity contribution in [2.75, 3.05) is 19.8 Å². The molecular weight excluding hydrogens is 377 g/mol. The lowest BCUT2D eigenvalue weighted by Crippen LogP contribution is -2.31. The normalized spacial score (nSPS) is 13.4. The molecule has 1 atom stereocenters. The zero-order chi connectivity index (χ0) is 19.4. The molecule has 146 valence electrons. The lowest BCUT2D eigenvalue weighted by Gasteiger charge is -2.17. The first-order valence-electron chi connectivity index (χ1n) is 8.55. The molecule has 0 saturated heterocycles. The van der Waals surface area contributed by atoms with Crippen LogP contribution < -0.4 is 10.4 Å². The van der Waals surface area contributed by atoms with Crippen molar-refractivity contribution in [3.05, 3.63) is 30.3 Å². The predicted octanol–water partition coefficient (Wildman–Crippen LogP) is 3.26. The quantitative estimate of drug-likeness (QED) is 0.102. The molecule has 0 radical (unpaired) electrons. The summed E-state index contributed by atoms with van der Waals surface area (Å²) in [5, 5.41) is 3.08. The van der Waals surface area contributed by atoms with Crippen molar-refractivity contribution in [3.63, 3.8) is 0 Å². The van der Waals surface area contributed by atoms with E-state index in [4.69, 9.17) is 14.0 Å². The van der Waals surface area contributed by atoms with Crippen molar-refractivity contribution >= 4 is 35.2 Å². The lowest BCUT2D eigenvalue weighted by molar-refractivity contribution is -0.184. The van der Waals surface area contributed by atoms with Crippen LogP contribution in [0.5, 0.6) is 0 Å². The number of carbonyl (C=O) groups is 2. The van der Waals surface area contributed by atoms with E-state index in [9.17, 15) is 14.2 Å². The monoisotopic (exact) mass is 403 g/mol. The number of ether oxygens (including phenoxy) is 1. The Bertz CT molecular complexity index is 609. The Morgan fingerprint density at radius 3 is 2.38 bits per heavy atom. The highest BCUT2D eigenvalue weighted by atomic mass is 32.7. The number of carbonyl (C=O) groups excluding carboxylic acids is 2. The Morgan fingerprint density at radius 1 is 1.15 bits per heavy atom. The standard InChI is InChI=1S/C17H26NO6PS/c1-4-14(5-2)13-22-17(20)16(19)12-18-25(21,26-24-23-6-3)15-10-8-7-9-11-15/h7-11,14H,4-6,12-13H2,1-3H3,(H,18,21). The van der Waals surface area contributed by atoms with Gasteiger partial charge < -0.3 is 4.74 Å². The van der Waals surface area contributed by atoms with Crippen LogP contribution in [0.3, 0.4) is 0 Å². The first-order valence-corrected chi connectivity index (χ1v) is 11.6. The molecule has 9 heteroatoms. The van der Waals surface area contributed by atoms with E-state index in [-0.39, 0.29) is 19.1 Å². The van der Waals surface area contributed by atoms with Crippen LogP contribution >= 0.6 is 18.2 Å². The van der Waals surface area contributed by atoms with Crippen molar-refractivity contribution in [2.45, 2.75) is 33.6 Å². The molecule has 0 aliphatic heterocycles. The summed E-state index contributed by atoms with van der Waals surface area (Å²) in [6, 6.07) is 8.51. The molecule has 26 heavy (non-hydrogen) atoms. The van der Waals surface area contributed by atoms with E-state index < -0.39 is 24.8 Å². The summed E-state index contributed by atoms with van der Waals surface area (Å²) >= 11 is 0.599. The number of hydrogen-bond donors (Lipinski definition) is 1. The maximum Gasteiger partial charge on any atom is 0.376 e. The molecule has 0 heterocycles. The molecule has 1 aromatic carbocycles. The van der Waals surface area contributed by atoms with E-state index in [1.165, 1.54) is 0 Å². The van der Waals surface area contributed by atoms with E-state index in [2.05, 4.69) is 5.09 Å². The third-order valence-corrected chi connectivity index (χ3v) is 7.43. The van der Waals surface area contributed by atoms with Crippen LogP contribution in [-0.2, 0) is 28.1 Å². The van der Waals surface area contributed by atoms with E-state index >= 15 is 0 Å². The van der Waals surface area contributed by atoms with Crippen LogP contribution in [0, 0.1) is 5.92 Å². The molecule has 0 spiro atoms. The first-order chi connectivity index (χ1) is 12.5. The molecule has 0 fully saturated rings. The van der Waals surface area contributed by atoms with E-state index in [0.29, 0.717) is 17.0 Å². The second-order valence-corrected chi connectivity index (χ2v) is 9.69. The van der Waals surface area contributed by atoms with Crippen molar-refractivity contribution in [3.8, 4) is 0 Å². The van der Waals surface area contributed by atoms with Gasteiger partial charge in [-0.05, 0) is 25.0 Å². The van der Waals surface area contributed by atoms with Crippen LogP contribution in [0.4, 0.5) is 0 Å². The van der Waals surface area contributed by atoms with E-state index in [0.717, 1.165) is 12.8 Å². The van der Waals surface area contributed by atoms with Crippen LogP contribution in [0.2, 0.25) is 0 Å². The maximum atomic E-state index is 13.1. The van der Waals surface area contributed by atoms with Gasteiger partial charge in [0.05, 0.1) is 19.8 Å². The summed E-state index contributed by atoms with van der Waals surface area (Å²) in [7, 11) is 0. The molecule has 1 rings (SSSR count). The molecule has 0 aliphatic rings. The Hall–Kier alpha value is -1.18. The number of benzene rings is 1. The average molecular weight is 403 g/mol. The van der Waals surface area contributed by atoms with Gasteiger partial charge in [-0.25, -0.2) is 14.8 Å². The minimum Gasteiger partial charge on any atom is -0.460 e. The topological polar surface area (TPSA) is 90.9 Å². The van der Waals surface area contributed by atoms with Gasteiger partial charge in [0, 0.05) is 5.30 Å². The highest BCUT2D eigenvalue weighted by molar-refractivity contribution is 8.57. The second-order valence-electron chi connectivity index (χ2n) is 5.48. The van der Waals surface area contributed by atoms with E-state index in [1.54, 1.807) is 37.3 Å². The molecule has 1 N–H and O–H groups in total. The van der Waals surface area contributed by atoms with Crippen molar-refractivity contribution in [2.24, 2.45) is 5.92 Å². The summed E-state index contributed by atoms with van der Waals surface area (Å²) < 4.78 is 23.0. The van der Waals surface area contributed by atoms with Crippen molar-refractivity contribution in [1.82, 2.24) is 5.09 Å². The van der Waals surface area contributed by atoms with Gasteiger partial charge in [-0.3, -0.25) is 9.36 Å². The Labute approximate surface area is 158 Å². The third kappa shape index (κ3) is 7.60. The second kappa shape index (κ2) is 12.3. The van der Waals surface area contributed by atoms with Gasteiger partial charge >= 0.3 is 5.97 Å². The smallest absolute Gasteiger partial charge is 0.376 e. The number of nitrogens with one attached hydrogen (secondary N) is 1. The summed E-state index contributed by atoms with van der Waals surface area (Å²) in [5.41, 5.74) is 0. The number of rotatable bonds is 13. The summed E-state index contributed by atoms with van der Waals surface area (Å²) in [6.45, 7) is 2.43. The van der Waals surface area contributed by atoms with Crippen LogP contribution in [0.15, 0.2) is 30.3 Å². The molecule has 1 unspecified atom stereocenters. The highest BCUT2D eigenvalue weighted by Crippen LogP contribution is 2.54. The zero-order valence-electron chi connectivity index (χ0n) is 15.3. The summed E-state index contributed by atoms with van der Waals surface area (Å²) in [6.07, 6.45) is 1.73. The molecular formula is C17H26NO6PS. The summed E-state index contributed by atoms with van der Waals surface area (Å²) in [4.78, 5) is 28.6. The molecule has 7 nitrogen and oxygen atoms in total. The predicted molar refractivity (Wildman–Crippen MR) is 102 cm³/mol. The number of esters is 1. The van der Waals surface area contributed by atoms with Gasteiger partial charge in [0.25, 0.3) is 12.3 Å². The molecule has 0 bridgehead atoms. The molecule has 0 aromatic heterocycles. The minimum atomic E-state index is -3.35. The molecule has 0 amide bonds. The largest absolute Gasteiger partial charge is 0.460 e. The molecule has 0 aliphatic carbocycles. The molecule has 0 saturated carbocycles. The van der Waals surface area contributed by atoms with Crippen LogP contribution in [0.25, 0.3) is 0 Å². The lowest BCUT2D eigenvalue weighted by atomic mass is 10.1. The first kappa shape index (κ1) is 22.9. The van der Waals surface area contributed by atoms with Gasteiger partial charge in [-0.15, -0.1) is 0 Å². The number of ketones is 1. The fourth-order valence-corrected chi connectivity index (χ4v) is 4.77. The Kier molecular flexibility index (Phi) is 10.8. The van der Waals surface area contributed by atoms with Crippen molar-refractivity contribution < 1.29 is 28.1 Å². The van der Waals surface area contributed by atoms with Crippen molar-refractivity contribution in [1.29, 1.82) is 0 Å². The maximum absolute atomic E-state index is 13.1. The van der Waals surface area contributed by atoms with E-state index in [1.807, 2.05) is 13.8 Å². The fraction of sp³-hybridized carbons (Fsp3) is 0.529. The van der Waals surface area contributed by atoms with Crippen LogP contribution in [0.1, 0.15) is 33.6 Å². The van der Waals surface area contributed by atoms with Gasteiger partial charge in [0.1, 0.15) is 11.7 Å². The Balaban J connectivity index is 2.66. The minimum absolute atomic E-state index is 0.204. The Morgan fingerprint density at radius 2 is 1.81 bits per heavy atom. The third-order valence-electron chi connectivity index (χ3n) is 3.68. The van der Waals surface area contributed by atoms with Crippen LogP contribution in [-0.4, -0.2) is 31.5 Å². The van der Waals surface area contributed by atoms with Gasteiger partial charge in [-0.1, -0.05) is 44.9 Å². The van der Waals surface area contributed by atoms with Gasteiger partial charge in [0.2, 0.25) is 0 Å². The van der Waals surface area contributed by atoms with Gasteiger partial charge in [-0.2, -0.15) is 4.33 Å². The number of hydrogen-bond acceptors (Lipinski definition) is 7. The van der Waals surface area contributed by atoms with Gasteiger partial charge in [0.15, 0.2) is 0 Å². The number of Topliss-reactive ketones (excluding diaryl/α,β-unsaturated/α-hetero) is 1. The average Bonchev–Trinajstić information content (AvgIpc) is 2.67. The highest BCUT2D eigenvalue weighted by Gasteiger charge is 2.29. The zero-order valence-corrected chi connectivity index (χ0v) is 17.0. The summed E-state index contributed by atoms with van der Waals surface area (Å²) in [5.74, 6) is -1.49. The fourth-order valence-electron chi connectivity index (χ4n) is 1.94. The SMILES string of the molecule is CCOOSP(=O)(NCC(=O)C(=O)OCC(CC)CC)c1ccccc1. The molecule has 1 aromatic rings.